The van der Waals surface area contributed by atoms with Gasteiger partial charge in [-0.1, -0.05) is 45.4 Å². The zero-order valence-electron chi connectivity index (χ0n) is 18.0. The van der Waals surface area contributed by atoms with Crippen molar-refractivity contribution in [1.29, 1.82) is 0 Å². The fourth-order valence-electron chi connectivity index (χ4n) is 2.35. The summed E-state index contributed by atoms with van der Waals surface area (Å²) in [7, 11) is 5.84. The number of quaternary nitrogens is 1. The third-order valence-electron chi connectivity index (χ3n) is 4.08. The molecule has 0 bridgehead atoms. The van der Waals surface area contributed by atoms with Crippen LogP contribution in [0, 0.1) is 0 Å². The van der Waals surface area contributed by atoms with E-state index in [1.165, 1.54) is 25.7 Å². The number of aliphatic hydroxyl groups is 1. The second-order valence-electron chi connectivity index (χ2n) is 8.08. The molecule has 0 aliphatic rings. The van der Waals surface area contributed by atoms with Crippen LogP contribution in [0.3, 0.4) is 0 Å². The largest absolute Gasteiger partial charge is 0.545 e. The number of carbonyl (C=O) groups is 2. The number of nitrogens with zero attached hydrogens (tertiary/aromatic N) is 1. The highest BCUT2D eigenvalue weighted by Crippen LogP contribution is 2.09. The highest BCUT2D eigenvalue weighted by atomic mass is 16.7. The van der Waals surface area contributed by atoms with Crippen molar-refractivity contribution in [3.63, 3.8) is 0 Å². The van der Waals surface area contributed by atoms with Gasteiger partial charge < -0.3 is 33.7 Å². The number of likely N-dealkylation sites (N-methyl/N-ethyl adjacent to an activating group) is 1. The second-order valence-corrected chi connectivity index (χ2v) is 8.08. The van der Waals surface area contributed by atoms with Crippen molar-refractivity contribution < 1.29 is 38.5 Å². The quantitative estimate of drug-likeness (QED) is 0.156. The lowest BCUT2D eigenvalue weighted by Gasteiger charge is -2.26. The lowest BCUT2D eigenvalue weighted by Crippen LogP contribution is -2.44. The first-order valence-electron chi connectivity index (χ1n) is 10.2. The van der Waals surface area contributed by atoms with Gasteiger partial charge in [0.15, 0.2) is 6.29 Å². The fraction of sp³-hybridized carbons (Fsp3) is 0.900. The molecule has 1 N–H and O–H groups in total. The molecule has 166 valence electrons. The molecule has 28 heavy (non-hydrogen) atoms. The maximum Gasteiger partial charge on any atom is 0.305 e. The van der Waals surface area contributed by atoms with Crippen LogP contribution in [0.1, 0.15) is 58.3 Å². The first-order valence-corrected chi connectivity index (χ1v) is 10.2. The Morgan fingerprint density at radius 1 is 0.964 bits per heavy atom. The predicted molar refractivity (Wildman–Crippen MR) is 103 cm³/mol. The van der Waals surface area contributed by atoms with E-state index in [-0.39, 0.29) is 25.8 Å². The molecule has 0 saturated carbocycles. The van der Waals surface area contributed by atoms with Crippen LogP contribution in [-0.4, -0.2) is 81.4 Å². The van der Waals surface area contributed by atoms with Gasteiger partial charge in [-0.25, -0.2) is 0 Å². The summed E-state index contributed by atoms with van der Waals surface area (Å²) in [5.74, 6) is -1.88. The maximum atomic E-state index is 11.7. The van der Waals surface area contributed by atoms with Crippen molar-refractivity contribution in [2.75, 3.05) is 47.5 Å². The van der Waals surface area contributed by atoms with E-state index in [4.69, 9.17) is 14.2 Å². The Morgan fingerprint density at radius 3 is 2.14 bits per heavy atom. The standard InChI is InChI=1S/C20H39NO7/c1-5-6-7-8-9-10-11-12-18(23)27-15-17(22)16-28-20(19(24)25)26-14-13-21(2,3)4/h17,20,22H,5-16H2,1-4H3. The normalized spacial score (nSPS) is 13.9. The molecule has 0 aromatic carbocycles. The van der Waals surface area contributed by atoms with Crippen molar-refractivity contribution in [3.8, 4) is 0 Å². The number of carboxylic acid groups (broad SMARTS) is 1. The number of aliphatic carboxylic acids is 1. The van der Waals surface area contributed by atoms with Crippen LogP contribution in [0.4, 0.5) is 0 Å². The number of hydrogen-bond acceptors (Lipinski definition) is 7. The molecule has 0 heterocycles. The molecule has 2 atom stereocenters. The van der Waals surface area contributed by atoms with Crippen molar-refractivity contribution in [2.24, 2.45) is 0 Å². The molecule has 8 nitrogen and oxygen atoms in total. The highest BCUT2D eigenvalue weighted by Gasteiger charge is 2.17. The van der Waals surface area contributed by atoms with Crippen LogP contribution in [-0.2, 0) is 23.8 Å². The van der Waals surface area contributed by atoms with E-state index in [2.05, 4.69) is 6.92 Å². The molecule has 0 aliphatic carbocycles. The lowest BCUT2D eigenvalue weighted by atomic mass is 10.1. The summed E-state index contributed by atoms with van der Waals surface area (Å²) in [6.07, 6.45) is 5.39. The lowest BCUT2D eigenvalue weighted by molar-refractivity contribution is -0.870. The van der Waals surface area contributed by atoms with Crippen LogP contribution < -0.4 is 5.11 Å². The first-order chi connectivity index (χ1) is 13.2. The number of carboxylic acids is 1. The van der Waals surface area contributed by atoms with E-state index in [1.54, 1.807) is 0 Å². The van der Waals surface area contributed by atoms with Gasteiger partial charge in [-0.3, -0.25) is 4.79 Å². The minimum atomic E-state index is -1.57. The Labute approximate surface area is 169 Å². The van der Waals surface area contributed by atoms with Crippen LogP contribution >= 0.6 is 0 Å². The molecule has 0 saturated heterocycles. The van der Waals surface area contributed by atoms with E-state index in [9.17, 15) is 19.8 Å². The molecule has 8 heteroatoms. The minimum absolute atomic E-state index is 0.172. The summed E-state index contributed by atoms with van der Waals surface area (Å²) < 4.78 is 15.8. The van der Waals surface area contributed by atoms with E-state index in [0.29, 0.717) is 17.4 Å². The molecule has 0 aliphatic heterocycles. The van der Waals surface area contributed by atoms with Gasteiger partial charge in [0, 0.05) is 6.42 Å². The predicted octanol–water partition coefficient (Wildman–Crippen LogP) is 0.847. The van der Waals surface area contributed by atoms with E-state index >= 15 is 0 Å². The topological polar surface area (TPSA) is 105 Å². The second kappa shape index (κ2) is 15.7. The summed E-state index contributed by atoms with van der Waals surface area (Å²) in [5, 5.41) is 20.8. The summed E-state index contributed by atoms with van der Waals surface area (Å²) >= 11 is 0. The molecular formula is C20H39NO7. The SMILES string of the molecule is CCCCCCCCCC(=O)OCC(O)COC(OCC[N+](C)(C)C)C(=O)[O-]. The maximum absolute atomic E-state index is 11.7. The molecule has 0 fully saturated rings. The zero-order chi connectivity index (χ0) is 21.4. The van der Waals surface area contributed by atoms with Crippen molar-refractivity contribution >= 4 is 11.9 Å². The number of unbranched alkanes of at least 4 members (excludes halogenated alkanes) is 6. The third kappa shape index (κ3) is 16.9. The van der Waals surface area contributed by atoms with E-state index in [0.717, 1.165) is 19.3 Å². The Hall–Kier alpha value is -1.22. The van der Waals surface area contributed by atoms with Gasteiger partial charge in [-0.2, -0.15) is 0 Å². The number of esters is 1. The number of hydrogen-bond donors (Lipinski definition) is 1. The highest BCUT2D eigenvalue weighted by molar-refractivity contribution is 5.69. The smallest absolute Gasteiger partial charge is 0.305 e. The monoisotopic (exact) mass is 405 g/mol. The Bertz CT molecular complexity index is 423. The average molecular weight is 406 g/mol. The molecule has 0 radical (unpaired) electrons. The molecule has 0 rings (SSSR count). The van der Waals surface area contributed by atoms with Gasteiger partial charge in [-0.05, 0) is 6.42 Å². The van der Waals surface area contributed by atoms with Crippen LogP contribution in [0.25, 0.3) is 0 Å². The molecular weight excluding hydrogens is 366 g/mol. The number of carbonyl (C=O) groups excluding carboxylic acids is 2. The number of rotatable bonds is 18. The summed E-state index contributed by atoms with van der Waals surface area (Å²) in [5.41, 5.74) is 0. The van der Waals surface area contributed by atoms with Crippen LogP contribution in [0.2, 0.25) is 0 Å². The van der Waals surface area contributed by atoms with Gasteiger partial charge >= 0.3 is 5.97 Å². The summed E-state index contributed by atoms with van der Waals surface area (Å²) in [4.78, 5) is 22.7. The fourth-order valence-corrected chi connectivity index (χ4v) is 2.35. The van der Waals surface area contributed by atoms with Gasteiger partial charge in [-0.15, -0.1) is 0 Å². The zero-order valence-corrected chi connectivity index (χ0v) is 18.0. The van der Waals surface area contributed by atoms with Crippen LogP contribution in [0.15, 0.2) is 0 Å². The molecule has 0 aromatic rings. The Morgan fingerprint density at radius 2 is 1.57 bits per heavy atom. The van der Waals surface area contributed by atoms with Gasteiger partial charge in [0.1, 0.15) is 19.3 Å². The van der Waals surface area contributed by atoms with Gasteiger partial charge in [0.2, 0.25) is 0 Å². The Kier molecular flexibility index (Phi) is 15.0. The van der Waals surface area contributed by atoms with E-state index in [1.807, 2.05) is 21.1 Å². The molecule has 2 unspecified atom stereocenters. The van der Waals surface area contributed by atoms with Crippen LogP contribution in [0.5, 0.6) is 0 Å². The van der Waals surface area contributed by atoms with E-state index < -0.39 is 18.4 Å². The summed E-state index contributed by atoms with van der Waals surface area (Å²) in [6, 6.07) is 0. The minimum Gasteiger partial charge on any atom is -0.545 e. The van der Waals surface area contributed by atoms with Crippen molar-refractivity contribution in [2.45, 2.75) is 70.7 Å². The van der Waals surface area contributed by atoms with Crippen molar-refractivity contribution in [1.82, 2.24) is 0 Å². The third-order valence-corrected chi connectivity index (χ3v) is 4.08. The molecule has 0 amide bonds. The van der Waals surface area contributed by atoms with Crippen molar-refractivity contribution in [3.05, 3.63) is 0 Å². The average Bonchev–Trinajstić information content (AvgIpc) is 2.60. The molecule has 0 aromatic heterocycles. The first kappa shape index (κ1) is 26.8. The summed E-state index contributed by atoms with van der Waals surface area (Å²) in [6.45, 7) is 2.37. The van der Waals surface area contributed by atoms with Gasteiger partial charge in [0.25, 0.3) is 0 Å². The number of aliphatic hydroxyl groups excluding tert-OH is 1. The number of ether oxygens (including phenoxy) is 3. The molecule has 0 spiro atoms. The van der Waals surface area contributed by atoms with Gasteiger partial charge in [0.05, 0.1) is 40.3 Å². The Balaban J connectivity index is 3.85.